The number of carbonyl (C=O) groups excluding carboxylic acids is 1. The van der Waals surface area contributed by atoms with Crippen LogP contribution >= 0.6 is 11.3 Å². The van der Waals surface area contributed by atoms with Crippen molar-refractivity contribution < 1.29 is 23.1 Å². The average molecular weight is 515 g/mol. The molecule has 2 aromatic carbocycles. The van der Waals surface area contributed by atoms with E-state index in [1.165, 1.54) is 36.9 Å². The first-order valence-electron chi connectivity index (χ1n) is 11.2. The second-order valence-electron chi connectivity index (χ2n) is 8.37. The normalized spacial score (nSPS) is 13.9. The summed E-state index contributed by atoms with van der Waals surface area (Å²) in [6, 6.07) is 10.5. The van der Waals surface area contributed by atoms with Gasteiger partial charge in [0.25, 0.3) is 0 Å². The molecule has 2 heterocycles. The van der Waals surface area contributed by atoms with Crippen LogP contribution in [0.1, 0.15) is 40.1 Å². The first-order valence-corrected chi connectivity index (χ1v) is 13.6. The molecule has 35 heavy (non-hydrogen) atoms. The van der Waals surface area contributed by atoms with Crippen molar-refractivity contribution in [1.29, 1.82) is 0 Å². The molecule has 11 heteroatoms. The van der Waals surface area contributed by atoms with Crippen LogP contribution < -0.4 is 15.5 Å². The third-order valence-corrected chi connectivity index (χ3v) is 8.44. The van der Waals surface area contributed by atoms with Crippen molar-refractivity contribution in [2.45, 2.75) is 36.8 Å². The second-order valence-corrected chi connectivity index (χ2v) is 11.5. The molecule has 1 aliphatic rings. The smallest absolute Gasteiger partial charge is 0.335 e. The van der Waals surface area contributed by atoms with Crippen LogP contribution in [-0.4, -0.2) is 43.6 Å². The van der Waals surface area contributed by atoms with Gasteiger partial charge in [-0.05, 0) is 68.1 Å². The van der Waals surface area contributed by atoms with Crippen LogP contribution in [0.25, 0.3) is 0 Å². The monoisotopic (exact) mass is 514 g/mol. The predicted molar refractivity (Wildman–Crippen MR) is 136 cm³/mol. The fourth-order valence-corrected chi connectivity index (χ4v) is 6.37. The van der Waals surface area contributed by atoms with Crippen molar-refractivity contribution in [3.05, 3.63) is 64.7 Å². The molecule has 1 saturated heterocycles. The Balaban J connectivity index is 1.41. The minimum Gasteiger partial charge on any atom is -0.478 e. The van der Waals surface area contributed by atoms with Gasteiger partial charge in [-0.2, -0.15) is 0 Å². The standard InChI is InChI=1S/C24H26N4O5S2/c1-16-5-10-20(21(13-16)28-11-3-2-4-12-28)26-23(31)27-24-25-14-18(34-24)15-35(32,33)19-8-6-17(7-9-19)22(29)30/h5-10,13-14H,2-4,11-12,15H2,1H3,(H,29,30)(H2,25,26,27,31). The summed E-state index contributed by atoms with van der Waals surface area (Å²) in [7, 11) is -3.70. The van der Waals surface area contributed by atoms with E-state index in [1.807, 2.05) is 19.1 Å². The molecule has 0 bridgehead atoms. The van der Waals surface area contributed by atoms with Gasteiger partial charge in [-0.3, -0.25) is 5.32 Å². The Morgan fingerprint density at radius 2 is 1.77 bits per heavy atom. The number of benzene rings is 2. The molecule has 2 amide bonds. The largest absolute Gasteiger partial charge is 0.478 e. The summed E-state index contributed by atoms with van der Waals surface area (Å²) in [5.41, 5.74) is 2.81. The molecule has 0 atom stereocenters. The van der Waals surface area contributed by atoms with Gasteiger partial charge in [0, 0.05) is 24.2 Å². The van der Waals surface area contributed by atoms with E-state index in [2.05, 4.69) is 26.6 Å². The molecule has 1 aliphatic heterocycles. The SMILES string of the molecule is Cc1ccc(NC(=O)Nc2ncc(CS(=O)(=O)c3ccc(C(=O)O)cc3)s2)c(N2CCCCC2)c1. The summed E-state index contributed by atoms with van der Waals surface area (Å²) < 4.78 is 25.4. The van der Waals surface area contributed by atoms with E-state index in [4.69, 9.17) is 5.11 Å². The number of nitrogens with zero attached hydrogens (tertiary/aromatic N) is 2. The van der Waals surface area contributed by atoms with Crippen molar-refractivity contribution in [1.82, 2.24) is 4.98 Å². The maximum Gasteiger partial charge on any atom is 0.335 e. The minimum absolute atomic E-state index is 0.0104. The van der Waals surface area contributed by atoms with Crippen molar-refractivity contribution in [3.63, 3.8) is 0 Å². The Morgan fingerprint density at radius 1 is 1.06 bits per heavy atom. The zero-order valence-electron chi connectivity index (χ0n) is 19.2. The van der Waals surface area contributed by atoms with Crippen LogP contribution in [0.15, 0.2) is 53.6 Å². The molecule has 3 aromatic rings. The van der Waals surface area contributed by atoms with E-state index in [-0.39, 0.29) is 21.3 Å². The molecule has 0 radical (unpaired) electrons. The summed E-state index contributed by atoms with van der Waals surface area (Å²) in [4.78, 5) is 30.5. The topological polar surface area (TPSA) is 129 Å². The van der Waals surface area contributed by atoms with E-state index < -0.39 is 21.8 Å². The van der Waals surface area contributed by atoms with E-state index in [0.29, 0.717) is 10.6 Å². The summed E-state index contributed by atoms with van der Waals surface area (Å²) in [5, 5.41) is 14.8. The molecular weight excluding hydrogens is 488 g/mol. The van der Waals surface area contributed by atoms with Crippen LogP contribution in [0.2, 0.25) is 0 Å². The predicted octanol–water partition coefficient (Wildman–Crippen LogP) is 4.76. The highest BCUT2D eigenvalue weighted by atomic mass is 32.2. The van der Waals surface area contributed by atoms with Crippen LogP contribution in [0.4, 0.5) is 21.3 Å². The fourth-order valence-electron chi connectivity index (χ4n) is 3.90. The average Bonchev–Trinajstić information content (AvgIpc) is 3.26. The molecule has 0 saturated carbocycles. The highest BCUT2D eigenvalue weighted by Crippen LogP contribution is 2.30. The number of rotatable bonds is 7. The van der Waals surface area contributed by atoms with Gasteiger partial charge in [0.2, 0.25) is 0 Å². The summed E-state index contributed by atoms with van der Waals surface area (Å²) in [6.07, 6.45) is 4.86. The van der Waals surface area contributed by atoms with Crippen LogP contribution in [0, 0.1) is 6.92 Å². The number of carbonyl (C=O) groups is 2. The van der Waals surface area contributed by atoms with Gasteiger partial charge >= 0.3 is 12.0 Å². The van der Waals surface area contributed by atoms with Gasteiger partial charge in [0.1, 0.15) is 0 Å². The number of hydrogen-bond acceptors (Lipinski definition) is 7. The van der Waals surface area contributed by atoms with Crippen molar-refractivity contribution in [3.8, 4) is 0 Å². The van der Waals surface area contributed by atoms with Crippen molar-refractivity contribution in [2.24, 2.45) is 0 Å². The Morgan fingerprint density at radius 3 is 2.46 bits per heavy atom. The lowest BCUT2D eigenvalue weighted by Crippen LogP contribution is -2.31. The minimum atomic E-state index is -3.70. The number of aromatic carboxylic acids is 1. The highest BCUT2D eigenvalue weighted by molar-refractivity contribution is 7.90. The zero-order chi connectivity index (χ0) is 25.0. The number of carboxylic acid groups (broad SMARTS) is 1. The van der Waals surface area contributed by atoms with Gasteiger partial charge in [-0.25, -0.2) is 23.0 Å². The molecule has 4 rings (SSSR count). The van der Waals surface area contributed by atoms with Crippen LogP contribution in [-0.2, 0) is 15.6 Å². The molecule has 9 nitrogen and oxygen atoms in total. The van der Waals surface area contributed by atoms with E-state index in [9.17, 15) is 18.0 Å². The number of urea groups is 1. The van der Waals surface area contributed by atoms with E-state index in [1.54, 1.807) is 0 Å². The van der Waals surface area contributed by atoms with Gasteiger partial charge in [-0.15, -0.1) is 11.3 Å². The summed E-state index contributed by atoms with van der Waals surface area (Å²) in [6.45, 7) is 3.91. The summed E-state index contributed by atoms with van der Waals surface area (Å²) in [5.74, 6) is -1.43. The number of nitrogens with one attached hydrogen (secondary N) is 2. The van der Waals surface area contributed by atoms with Crippen LogP contribution in [0.3, 0.4) is 0 Å². The van der Waals surface area contributed by atoms with Gasteiger partial charge in [0.15, 0.2) is 15.0 Å². The second kappa shape index (κ2) is 10.4. The number of thiazole rings is 1. The van der Waals surface area contributed by atoms with Crippen LogP contribution in [0.5, 0.6) is 0 Å². The Hall–Kier alpha value is -3.44. The fraction of sp³-hybridized carbons (Fsp3) is 0.292. The Labute approximate surface area is 207 Å². The molecule has 1 aromatic heterocycles. The van der Waals surface area contributed by atoms with Crippen molar-refractivity contribution >= 4 is 49.7 Å². The van der Waals surface area contributed by atoms with E-state index >= 15 is 0 Å². The lowest BCUT2D eigenvalue weighted by molar-refractivity contribution is 0.0696. The molecule has 1 fully saturated rings. The Bertz CT molecular complexity index is 1330. The number of carboxylic acids is 1. The lowest BCUT2D eigenvalue weighted by atomic mass is 10.1. The van der Waals surface area contributed by atoms with Gasteiger partial charge in [-0.1, -0.05) is 6.07 Å². The highest BCUT2D eigenvalue weighted by Gasteiger charge is 2.20. The number of aromatic nitrogens is 1. The quantitative estimate of drug-likeness (QED) is 0.415. The van der Waals surface area contributed by atoms with E-state index in [0.717, 1.165) is 48.5 Å². The molecular formula is C24H26N4O5S2. The number of piperidine rings is 1. The number of aryl methyl sites for hydroxylation is 1. The van der Waals surface area contributed by atoms with Gasteiger partial charge < -0.3 is 15.3 Å². The number of amides is 2. The van der Waals surface area contributed by atoms with Gasteiger partial charge in [0.05, 0.1) is 27.6 Å². The first kappa shape index (κ1) is 24.7. The summed E-state index contributed by atoms with van der Waals surface area (Å²) >= 11 is 1.07. The molecule has 0 aliphatic carbocycles. The molecule has 3 N–H and O–H groups in total. The Kier molecular flexibility index (Phi) is 7.37. The molecule has 0 unspecified atom stereocenters. The molecule has 0 spiro atoms. The lowest BCUT2D eigenvalue weighted by Gasteiger charge is -2.30. The molecule has 184 valence electrons. The number of hydrogen-bond donors (Lipinski definition) is 3. The zero-order valence-corrected chi connectivity index (χ0v) is 20.8. The first-order chi connectivity index (χ1) is 16.7. The number of sulfone groups is 1. The maximum absolute atomic E-state index is 12.7. The number of anilines is 3. The third kappa shape index (κ3) is 6.17. The third-order valence-electron chi connectivity index (χ3n) is 5.66. The van der Waals surface area contributed by atoms with Crippen molar-refractivity contribution in [2.75, 3.05) is 28.6 Å². The maximum atomic E-state index is 12.7.